The Hall–Kier alpha value is -1.09. The van der Waals surface area contributed by atoms with Crippen molar-refractivity contribution in [1.82, 2.24) is 10.3 Å². The molecule has 3 N–H and O–H groups in total. The lowest BCUT2D eigenvalue weighted by atomic mass is 10.1. The monoisotopic (exact) mass is 191 g/mol. The van der Waals surface area contributed by atoms with Gasteiger partial charge >= 0.3 is 0 Å². The van der Waals surface area contributed by atoms with Crippen LogP contribution >= 0.6 is 0 Å². The van der Waals surface area contributed by atoms with E-state index in [4.69, 9.17) is 5.73 Å². The molecular formula is C11H17N3. The van der Waals surface area contributed by atoms with E-state index < -0.39 is 0 Å². The number of aromatic nitrogens is 1. The van der Waals surface area contributed by atoms with Gasteiger partial charge in [-0.2, -0.15) is 0 Å². The van der Waals surface area contributed by atoms with E-state index in [1.54, 1.807) is 0 Å². The Kier molecular flexibility index (Phi) is 2.42. The third-order valence-corrected chi connectivity index (χ3v) is 2.65. The number of anilines is 1. The molecule has 3 heteroatoms. The maximum Gasteiger partial charge on any atom is 0.128 e. The van der Waals surface area contributed by atoms with Gasteiger partial charge in [-0.15, -0.1) is 0 Å². The van der Waals surface area contributed by atoms with Crippen LogP contribution in [0.4, 0.5) is 5.82 Å². The summed E-state index contributed by atoms with van der Waals surface area (Å²) in [5.74, 6) is 0.677. The lowest BCUT2D eigenvalue weighted by Crippen LogP contribution is -2.18. The van der Waals surface area contributed by atoms with Gasteiger partial charge in [0.15, 0.2) is 0 Å². The Morgan fingerprint density at radius 1 is 1.50 bits per heavy atom. The molecule has 1 aromatic heterocycles. The largest absolute Gasteiger partial charge is 0.383 e. The van der Waals surface area contributed by atoms with Crippen LogP contribution in [0.5, 0.6) is 0 Å². The zero-order valence-electron chi connectivity index (χ0n) is 8.80. The number of nitrogens with two attached hydrogens (primary N) is 1. The van der Waals surface area contributed by atoms with Crippen LogP contribution in [0.15, 0.2) is 6.07 Å². The van der Waals surface area contributed by atoms with Crippen molar-refractivity contribution in [2.24, 2.45) is 0 Å². The van der Waals surface area contributed by atoms with Crippen LogP contribution < -0.4 is 11.1 Å². The molecular weight excluding hydrogens is 174 g/mol. The van der Waals surface area contributed by atoms with Crippen molar-refractivity contribution in [1.29, 1.82) is 0 Å². The molecule has 14 heavy (non-hydrogen) atoms. The molecule has 0 aliphatic heterocycles. The van der Waals surface area contributed by atoms with Crippen molar-refractivity contribution >= 4 is 5.82 Å². The number of nitrogen functional groups attached to an aromatic ring is 1. The van der Waals surface area contributed by atoms with E-state index in [1.165, 1.54) is 18.4 Å². The van der Waals surface area contributed by atoms with Crippen LogP contribution in [0.25, 0.3) is 0 Å². The molecule has 0 aromatic carbocycles. The number of nitrogens with one attached hydrogen (secondary N) is 1. The van der Waals surface area contributed by atoms with Crippen LogP contribution in [0.3, 0.4) is 0 Å². The quantitative estimate of drug-likeness (QED) is 0.761. The van der Waals surface area contributed by atoms with Gasteiger partial charge < -0.3 is 11.1 Å². The molecule has 1 heterocycles. The highest BCUT2D eigenvalue weighted by Gasteiger charge is 2.20. The first kappa shape index (κ1) is 9.46. The fourth-order valence-corrected chi connectivity index (χ4v) is 1.66. The Morgan fingerprint density at radius 3 is 2.79 bits per heavy atom. The lowest BCUT2D eigenvalue weighted by Gasteiger charge is -2.10. The summed E-state index contributed by atoms with van der Waals surface area (Å²) in [7, 11) is 0. The maximum absolute atomic E-state index is 5.88. The van der Waals surface area contributed by atoms with Crippen molar-refractivity contribution in [3.8, 4) is 0 Å². The number of aryl methyl sites for hydroxylation is 2. The molecule has 0 unspecified atom stereocenters. The normalized spacial score (nSPS) is 15.9. The smallest absolute Gasteiger partial charge is 0.128 e. The third-order valence-electron chi connectivity index (χ3n) is 2.65. The minimum atomic E-state index is 0.677. The van der Waals surface area contributed by atoms with Gasteiger partial charge in [0.1, 0.15) is 5.82 Å². The topological polar surface area (TPSA) is 50.9 Å². The van der Waals surface area contributed by atoms with Gasteiger partial charge in [0, 0.05) is 23.8 Å². The molecule has 0 radical (unpaired) electrons. The van der Waals surface area contributed by atoms with E-state index in [-0.39, 0.29) is 0 Å². The highest BCUT2D eigenvalue weighted by atomic mass is 15.0. The van der Waals surface area contributed by atoms with Crippen LogP contribution in [0.1, 0.15) is 29.7 Å². The van der Waals surface area contributed by atoms with E-state index in [0.717, 1.165) is 23.8 Å². The Bertz CT molecular complexity index is 319. The van der Waals surface area contributed by atoms with Gasteiger partial charge in [-0.05, 0) is 38.3 Å². The molecule has 3 nitrogen and oxygen atoms in total. The molecule has 0 bridgehead atoms. The molecule has 1 aromatic rings. The summed E-state index contributed by atoms with van der Waals surface area (Å²) in [6.07, 6.45) is 2.61. The molecule has 1 aliphatic carbocycles. The third kappa shape index (κ3) is 2.04. The average Bonchev–Trinajstić information content (AvgIpc) is 2.85. The van der Waals surface area contributed by atoms with Gasteiger partial charge in [0.2, 0.25) is 0 Å². The Labute approximate surface area is 84.7 Å². The van der Waals surface area contributed by atoms with Gasteiger partial charge in [-0.25, -0.2) is 4.98 Å². The first-order valence-electron chi connectivity index (χ1n) is 5.13. The van der Waals surface area contributed by atoms with E-state index >= 15 is 0 Å². The summed E-state index contributed by atoms with van der Waals surface area (Å²) in [6.45, 7) is 4.92. The zero-order chi connectivity index (χ0) is 10.1. The first-order chi connectivity index (χ1) is 6.66. The van der Waals surface area contributed by atoms with Crippen molar-refractivity contribution in [3.63, 3.8) is 0 Å². The summed E-state index contributed by atoms with van der Waals surface area (Å²) in [5.41, 5.74) is 9.27. The minimum Gasteiger partial charge on any atom is -0.383 e. The highest BCUT2D eigenvalue weighted by Crippen LogP contribution is 2.21. The van der Waals surface area contributed by atoms with Crippen molar-refractivity contribution in [3.05, 3.63) is 22.9 Å². The zero-order valence-corrected chi connectivity index (χ0v) is 8.80. The molecule has 1 aliphatic rings. The molecule has 1 fully saturated rings. The number of pyridine rings is 1. The number of hydrogen-bond donors (Lipinski definition) is 2. The fraction of sp³-hybridized carbons (Fsp3) is 0.545. The SMILES string of the molecule is Cc1cc(C)c(CNC2CC2)c(N)n1. The van der Waals surface area contributed by atoms with Crippen LogP contribution in [-0.2, 0) is 6.54 Å². The highest BCUT2D eigenvalue weighted by molar-refractivity contribution is 5.45. The lowest BCUT2D eigenvalue weighted by molar-refractivity contribution is 0.684. The number of nitrogens with zero attached hydrogens (tertiary/aromatic N) is 1. The van der Waals surface area contributed by atoms with Gasteiger partial charge in [0.25, 0.3) is 0 Å². The van der Waals surface area contributed by atoms with Crippen LogP contribution in [0.2, 0.25) is 0 Å². The maximum atomic E-state index is 5.88. The van der Waals surface area contributed by atoms with Crippen molar-refractivity contribution < 1.29 is 0 Å². The first-order valence-corrected chi connectivity index (χ1v) is 5.13. The predicted molar refractivity (Wildman–Crippen MR) is 58.0 cm³/mol. The molecule has 0 spiro atoms. The second kappa shape index (κ2) is 3.58. The molecule has 0 saturated heterocycles. The van der Waals surface area contributed by atoms with Crippen molar-refractivity contribution in [2.75, 3.05) is 5.73 Å². The Balaban J connectivity index is 2.13. The standard InChI is InChI=1S/C11H17N3/c1-7-5-8(2)14-11(12)10(7)6-13-9-3-4-9/h5,9,13H,3-4,6H2,1-2H3,(H2,12,14). The van der Waals surface area contributed by atoms with E-state index in [1.807, 2.05) is 6.92 Å². The molecule has 1 saturated carbocycles. The molecule has 0 amide bonds. The van der Waals surface area contributed by atoms with Crippen molar-refractivity contribution in [2.45, 2.75) is 39.3 Å². The summed E-state index contributed by atoms with van der Waals surface area (Å²) in [5, 5.41) is 3.45. The number of rotatable bonds is 3. The summed E-state index contributed by atoms with van der Waals surface area (Å²) in [6, 6.07) is 2.80. The Morgan fingerprint density at radius 2 is 2.21 bits per heavy atom. The second-order valence-corrected chi connectivity index (χ2v) is 4.10. The molecule has 2 rings (SSSR count). The number of hydrogen-bond acceptors (Lipinski definition) is 3. The van der Waals surface area contributed by atoms with Gasteiger partial charge in [-0.1, -0.05) is 0 Å². The average molecular weight is 191 g/mol. The summed E-state index contributed by atoms with van der Waals surface area (Å²) < 4.78 is 0. The van der Waals surface area contributed by atoms with E-state index in [0.29, 0.717) is 5.82 Å². The molecule has 0 atom stereocenters. The fourth-order valence-electron chi connectivity index (χ4n) is 1.66. The van der Waals surface area contributed by atoms with E-state index in [9.17, 15) is 0 Å². The summed E-state index contributed by atoms with van der Waals surface area (Å²) >= 11 is 0. The van der Waals surface area contributed by atoms with Crippen LogP contribution in [0, 0.1) is 13.8 Å². The minimum absolute atomic E-state index is 0.677. The molecule has 76 valence electrons. The summed E-state index contributed by atoms with van der Waals surface area (Å²) in [4.78, 5) is 4.27. The predicted octanol–water partition coefficient (Wildman–Crippen LogP) is 1.53. The van der Waals surface area contributed by atoms with E-state index in [2.05, 4.69) is 23.3 Å². The van der Waals surface area contributed by atoms with Crippen LogP contribution in [-0.4, -0.2) is 11.0 Å². The van der Waals surface area contributed by atoms with Gasteiger partial charge in [-0.3, -0.25) is 0 Å². The van der Waals surface area contributed by atoms with Gasteiger partial charge in [0.05, 0.1) is 0 Å². The second-order valence-electron chi connectivity index (χ2n) is 4.10.